The van der Waals surface area contributed by atoms with Gasteiger partial charge in [-0.25, -0.2) is 0 Å². The van der Waals surface area contributed by atoms with Crippen molar-refractivity contribution in [2.45, 2.75) is 0 Å². The number of hydrogen-bond acceptors (Lipinski definition) is 7. The number of hydrogen-bond donors (Lipinski definition) is 1. The molecule has 3 amide bonds. The number of thioether (sulfide) groups is 1. The molecule has 10 heteroatoms. The van der Waals surface area contributed by atoms with Crippen LogP contribution in [0.3, 0.4) is 0 Å². The molecule has 0 radical (unpaired) electrons. The van der Waals surface area contributed by atoms with Crippen molar-refractivity contribution in [1.29, 1.82) is 0 Å². The Kier molecular flexibility index (Phi) is 8.18. The van der Waals surface area contributed by atoms with Gasteiger partial charge in [0.25, 0.3) is 11.1 Å². The third-order valence-electron chi connectivity index (χ3n) is 4.44. The highest BCUT2D eigenvalue weighted by molar-refractivity contribution is 9.10. The van der Waals surface area contributed by atoms with Crippen LogP contribution in [0.1, 0.15) is 5.56 Å². The van der Waals surface area contributed by atoms with Gasteiger partial charge in [-0.3, -0.25) is 19.3 Å². The van der Waals surface area contributed by atoms with Crippen molar-refractivity contribution in [1.82, 2.24) is 4.90 Å². The number of halogens is 1. The van der Waals surface area contributed by atoms with Gasteiger partial charge in [0.2, 0.25) is 5.91 Å². The fourth-order valence-corrected chi connectivity index (χ4v) is 4.32. The first-order valence-corrected chi connectivity index (χ1v) is 11.3. The number of carbonyl (C=O) groups excluding carboxylic acids is 3. The molecule has 0 spiro atoms. The van der Waals surface area contributed by atoms with E-state index in [1.54, 1.807) is 55.7 Å². The highest BCUT2D eigenvalue weighted by Crippen LogP contribution is 2.39. The van der Waals surface area contributed by atoms with Crippen LogP contribution in [0.25, 0.3) is 6.08 Å². The monoisotopic (exact) mass is 532 g/mol. The van der Waals surface area contributed by atoms with Gasteiger partial charge in [-0.1, -0.05) is 12.7 Å². The maximum atomic E-state index is 12.8. The minimum absolute atomic E-state index is 0.200. The number of rotatable bonds is 9. The molecule has 0 aromatic heterocycles. The summed E-state index contributed by atoms with van der Waals surface area (Å²) in [4.78, 5) is 38.6. The molecule has 2 aromatic carbocycles. The Hall–Kier alpha value is -3.24. The maximum Gasteiger partial charge on any atom is 0.294 e. The Morgan fingerprint density at radius 2 is 1.91 bits per heavy atom. The Morgan fingerprint density at radius 1 is 1.18 bits per heavy atom. The highest BCUT2D eigenvalue weighted by Gasteiger charge is 2.36. The SMILES string of the molecule is C=CCOc1c(Br)cc(/C=C2/SC(=O)N(CC(=O)Nc3ccc(OC)cc3)C2=O)cc1OC. The number of imide groups is 1. The van der Waals surface area contributed by atoms with Crippen LogP contribution in [0.2, 0.25) is 0 Å². The molecule has 1 N–H and O–H groups in total. The summed E-state index contributed by atoms with van der Waals surface area (Å²) in [7, 11) is 3.04. The van der Waals surface area contributed by atoms with Crippen LogP contribution in [0.15, 0.2) is 58.4 Å². The van der Waals surface area contributed by atoms with Crippen molar-refractivity contribution in [3.8, 4) is 17.2 Å². The summed E-state index contributed by atoms with van der Waals surface area (Å²) in [6.45, 7) is 3.52. The average molecular weight is 533 g/mol. The molecule has 2 aromatic rings. The van der Waals surface area contributed by atoms with Crippen LogP contribution >= 0.6 is 27.7 Å². The topological polar surface area (TPSA) is 94.2 Å². The molecule has 0 bridgehead atoms. The fraction of sp³-hybridized carbons (Fsp3) is 0.174. The van der Waals surface area contributed by atoms with Gasteiger partial charge in [0.1, 0.15) is 18.9 Å². The van der Waals surface area contributed by atoms with Crippen LogP contribution in [0.4, 0.5) is 10.5 Å². The summed E-state index contributed by atoms with van der Waals surface area (Å²) >= 11 is 4.20. The zero-order chi connectivity index (χ0) is 24.0. The summed E-state index contributed by atoms with van der Waals surface area (Å²) in [6, 6.07) is 10.1. The van der Waals surface area contributed by atoms with Gasteiger partial charge in [0, 0.05) is 5.69 Å². The molecule has 1 fully saturated rings. The van der Waals surface area contributed by atoms with Crippen LogP contribution in [0.5, 0.6) is 17.2 Å². The van der Waals surface area contributed by atoms with Crippen molar-refractivity contribution >= 4 is 56.5 Å². The summed E-state index contributed by atoms with van der Waals surface area (Å²) in [5.41, 5.74) is 1.15. The summed E-state index contributed by atoms with van der Waals surface area (Å²) in [6.07, 6.45) is 3.18. The second-order valence-electron chi connectivity index (χ2n) is 6.68. The molecule has 0 aliphatic carbocycles. The maximum absolute atomic E-state index is 12.8. The van der Waals surface area contributed by atoms with E-state index in [1.807, 2.05) is 0 Å². The van der Waals surface area contributed by atoms with Crippen molar-refractivity contribution in [2.24, 2.45) is 0 Å². The largest absolute Gasteiger partial charge is 0.497 e. The lowest BCUT2D eigenvalue weighted by Crippen LogP contribution is -2.36. The second-order valence-corrected chi connectivity index (χ2v) is 8.53. The molecular weight excluding hydrogens is 512 g/mol. The van der Waals surface area contributed by atoms with E-state index < -0.39 is 23.6 Å². The van der Waals surface area contributed by atoms with E-state index >= 15 is 0 Å². The second kappa shape index (κ2) is 11.1. The third-order valence-corrected chi connectivity index (χ3v) is 5.94. The molecule has 8 nitrogen and oxygen atoms in total. The summed E-state index contributed by atoms with van der Waals surface area (Å²) in [5.74, 6) is 0.565. The van der Waals surface area contributed by atoms with Crippen molar-refractivity contribution in [2.75, 3.05) is 32.7 Å². The number of nitrogens with zero attached hydrogens (tertiary/aromatic N) is 1. The number of nitrogens with one attached hydrogen (secondary N) is 1. The Labute approximate surface area is 203 Å². The molecule has 172 valence electrons. The first kappa shape index (κ1) is 24.4. The van der Waals surface area contributed by atoms with Gasteiger partial charge >= 0.3 is 0 Å². The smallest absolute Gasteiger partial charge is 0.294 e. The minimum atomic E-state index is -0.544. The van der Waals surface area contributed by atoms with E-state index in [0.717, 1.165) is 16.7 Å². The average Bonchev–Trinajstić information content (AvgIpc) is 3.05. The molecule has 1 heterocycles. The lowest BCUT2D eigenvalue weighted by Gasteiger charge is -2.13. The van der Waals surface area contributed by atoms with E-state index in [1.165, 1.54) is 7.11 Å². The van der Waals surface area contributed by atoms with E-state index in [4.69, 9.17) is 14.2 Å². The Balaban J connectivity index is 1.73. The van der Waals surface area contributed by atoms with Crippen LogP contribution < -0.4 is 19.5 Å². The Bertz CT molecular complexity index is 1120. The normalized spacial score (nSPS) is 14.4. The van der Waals surface area contributed by atoms with Gasteiger partial charge < -0.3 is 19.5 Å². The number of anilines is 1. The number of amides is 3. The number of ether oxygens (including phenoxy) is 3. The van der Waals surface area contributed by atoms with E-state index in [-0.39, 0.29) is 4.91 Å². The van der Waals surface area contributed by atoms with Gasteiger partial charge in [-0.05, 0) is 75.7 Å². The molecule has 1 aliphatic rings. The zero-order valence-electron chi connectivity index (χ0n) is 17.9. The van der Waals surface area contributed by atoms with Crippen LogP contribution in [0, 0.1) is 0 Å². The molecule has 0 unspecified atom stereocenters. The lowest BCUT2D eigenvalue weighted by atomic mass is 10.2. The van der Waals surface area contributed by atoms with Gasteiger partial charge in [0.05, 0.1) is 23.6 Å². The first-order chi connectivity index (χ1) is 15.9. The Morgan fingerprint density at radius 3 is 2.55 bits per heavy atom. The van der Waals surface area contributed by atoms with E-state index in [2.05, 4.69) is 27.8 Å². The van der Waals surface area contributed by atoms with Crippen molar-refractivity contribution in [3.05, 3.63) is 64.0 Å². The molecule has 1 saturated heterocycles. The molecule has 3 rings (SSSR count). The first-order valence-electron chi connectivity index (χ1n) is 9.66. The molecule has 1 aliphatic heterocycles. The molecule has 0 saturated carbocycles. The number of benzene rings is 2. The number of carbonyl (C=O) groups is 3. The predicted molar refractivity (Wildman–Crippen MR) is 131 cm³/mol. The minimum Gasteiger partial charge on any atom is -0.497 e. The van der Waals surface area contributed by atoms with Crippen molar-refractivity contribution < 1.29 is 28.6 Å². The lowest BCUT2D eigenvalue weighted by molar-refractivity contribution is -0.127. The van der Waals surface area contributed by atoms with Crippen molar-refractivity contribution in [3.63, 3.8) is 0 Å². The molecule has 33 heavy (non-hydrogen) atoms. The van der Waals surface area contributed by atoms with Gasteiger partial charge in [-0.15, -0.1) is 0 Å². The summed E-state index contributed by atoms with van der Waals surface area (Å²) in [5, 5.41) is 2.14. The third kappa shape index (κ3) is 5.96. The predicted octanol–water partition coefficient (Wildman–Crippen LogP) is 4.71. The zero-order valence-corrected chi connectivity index (χ0v) is 20.3. The molecular formula is C23H21BrN2O6S. The van der Waals surface area contributed by atoms with E-state index in [0.29, 0.717) is 39.6 Å². The van der Waals surface area contributed by atoms with Crippen LogP contribution in [-0.2, 0) is 9.59 Å². The standard InChI is InChI=1S/C23H21BrN2O6S/c1-4-9-32-21-17(24)10-14(11-18(21)31-3)12-19-22(28)26(23(29)33-19)13-20(27)25-15-5-7-16(30-2)8-6-15/h4-8,10-12H,1,9,13H2,2-3H3,(H,25,27)/b19-12+. The van der Waals surface area contributed by atoms with Gasteiger partial charge in [-0.2, -0.15) is 0 Å². The van der Waals surface area contributed by atoms with E-state index in [9.17, 15) is 14.4 Å². The number of methoxy groups -OCH3 is 2. The van der Waals surface area contributed by atoms with Crippen LogP contribution in [-0.4, -0.2) is 49.3 Å². The van der Waals surface area contributed by atoms with Gasteiger partial charge in [0.15, 0.2) is 11.5 Å². The highest BCUT2D eigenvalue weighted by atomic mass is 79.9. The molecule has 0 atom stereocenters. The summed E-state index contributed by atoms with van der Waals surface area (Å²) < 4.78 is 16.7. The fourth-order valence-electron chi connectivity index (χ4n) is 2.91. The quantitative estimate of drug-likeness (QED) is 0.369.